The van der Waals surface area contributed by atoms with Gasteiger partial charge in [-0.05, 0) is 38.8 Å². The summed E-state index contributed by atoms with van der Waals surface area (Å²) in [5.74, 6) is -0.152. The molecule has 17 heavy (non-hydrogen) atoms. The largest absolute Gasteiger partial charge is 0.464 e. The Morgan fingerprint density at radius 1 is 1.41 bits per heavy atom. The predicted molar refractivity (Wildman–Crippen MR) is 66.7 cm³/mol. The average molecular weight is 233 g/mol. The van der Waals surface area contributed by atoms with E-state index < -0.39 is 5.54 Å². The molecule has 2 rings (SSSR count). The molecule has 0 saturated carbocycles. The number of rotatable bonds is 3. The average Bonchev–Trinajstić information content (AvgIpc) is 2.81. The number of aryl methyl sites for hydroxylation is 1. The van der Waals surface area contributed by atoms with Crippen LogP contribution in [0.3, 0.4) is 0 Å². The van der Waals surface area contributed by atoms with Crippen molar-refractivity contribution >= 4 is 5.97 Å². The second kappa shape index (κ2) is 4.88. The van der Waals surface area contributed by atoms with Crippen LogP contribution < -0.4 is 5.32 Å². The molecule has 3 heteroatoms. The number of benzene rings is 1. The summed E-state index contributed by atoms with van der Waals surface area (Å²) in [6.07, 6.45) is 1.82. The van der Waals surface area contributed by atoms with Gasteiger partial charge in [-0.25, -0.2) is 4.79 Å². The first kappa shape index (κ1) is 12.1. The van der Waals surface area contributed by atoms with E-state index in [1.807, 2.05) is 38.1 Å². The van der Waals surface area contributed by atoms with Crippen molar-refractivity contribution in [3.63, 3.8) is 0 Å². The lowest BCUT2D eigenvalue weighted by Crippen LogP contribution is -2.45. The zero-order chi connectivity index (χ0) is 12.3. The van der Waals surface area contributed by atoms with Crippen LogP contribution in [0.2, 0.25) is 0 Å². The van der Waals surface area contributed by atoms with Crippen molar-refractivity contribution < 1.29 is 9.53 Å². The first-order chi connectivity index (χ1) is 8.19. The normalized spacial score (nSPS) is 23.6. The molecule has 1 N–H and O–H groups in total. The van der Waals surface area contributed by atoms with E-state index in [9.17, 15) is 4.79 Å². The number of esters is 1. The number of hydrogen-bond donors (Lipinski definition) is 1. The lowest BCUT2D eigenvalue weighted by atomic mass is 9.88. The van der Waals surface area contributed by atoms with Gasteiger partial charge in [0.15, 0.2) is 0 Å². The topological polar surface area (TPSA) is 38.3 Å². The summed E-state index contributed by atoms with van der Waals surface area (Å²) >= 11 is 0. The van der Waals surface area contributed by atoms with Gasteiger partial charge in [0.25, 0.3) is 0 Å². The van der Waals surface area contributed by atoms with Crippen LogP contribution in [0.4, 0.5) is 0 Å². The maximum atomic E-state index is 12.2. The fourth-order valence-corrected chi connectivity index (χ4v) is 2.37. The summed E-state index contributed by atoms with van der Waals surface area (Å²) in [6, 6.07) is 8.11. The Morgan fingerprint density at radius 3 is 2.65 bits per heavy atom. The summed E-state index contributed by atoms with van der Waals surface area (Å²) < 4.78 is 5.21. The Bertz CT molecular complexity index is 391. The van der Waals surface area contributed by atoms with Gasteiger partial charge < -0.3 is 4.74 Å². The number of hydrogen-bond acceptors (Lipinski definition) is 3. The van der Waals surface area contributed by atoms with E-state index in [0.717, 1.165) is 24.9 Å². The summed E-state index contributed by atoms with van der Waals surface area (Å²) in [6.45, 7) is 5.18. The maximum absolute atomic E-state index is 12.2. The molecule has 0 aromatic heterocycles. The van der Waals surface area contributed by atoms with Crippen molar-refractivity contribution in [3.8, 4) is 0 Å². The van der Waals surface area contributed by atoms with Gasteiger partial charge in [-0.3, -0.25) is 5.32 Å². The van der Waals surface area contributed by atoms with E-state index in [2.05, 4.69) is 5.32 Å². The molecule has 0 aliphatic carbocycles. The van der Waals surface area contributed by atoms with Crippen LogP contribution in [-0.4, -0.2) is 19.1 Å². The van der Waals surface area contributed by atoms with E-state index in [0.29, 0.717) is 6.61 Å². The third-order valence-corrected chi connectivity index (χ3v) is 3.32. The van der Waals surface area contributed by atoms with Crippen molar-refractivity contribution in [2.24, 2.45) is 0 Å². The van der Waals surface area contributed by atoms with Gasteiger partial charge in [0, 0.05) is 0 Å². The molecule has 1 saturated heterocycles. The van der Waals surface area contributed by atoms with E-state index in [1.165, 1.54) is 5.56 Å². The maximum Gasteiger partial charge on any atom is 0.330 e. The zero-order valence-corrected chi connectivity index (χ0v) is 10.5. The van der Waals surface area contributed by atoms with Gasteiger partial charge in [-0.1, -0.05) is 29.8 Å². The number of ether oxygens (including phenoxy) is 1. The Labute approximate surface area is 102 Å². The minimum atomic E-state index is -0.621. The fraction of sp³-hybridized carbons (Fsp3) is 0.500. The molecule has 3 nitrogen and oxygen atoms in total. The number of carbonyl (C=O) groups excluding carboxylic acids is 1. The van der Waals surface area contributed by atoms with Crippen molar-refractivity contribution in [3.05, 3.63) is 35.4 Å². The van der Waals surface area contributed by atoms with Gasteiger partial charge in [-0.2, -0.15) is 0 Å². The highest BCUT2D eigenvalue weighted by Gasteiger charge is 2.43. The van der Waals surface area contributed by atoms with Crippen LogP contribution in [0.5, 0.6) is 0 Å². The molecule has 1 aliphatic rings. The van der Waals surface area contributed by atoms with Crippen molar-refractivity contribution in [2.75, 3.05) is 13.2 Å². The smallest absolute Gasteiger partial charge is 0.330 e. The molecule has 1 aromatic carbocycles. The monoisotopic (exact) mass is 233 g/mol. The van der Waals surface area contributed by atoms with Crippen LogP contribution in [0.1, 0.15) is 30.9 Å². The van der Waals surface area contributed by atoms with Crippen LogP contribution in [-0.2, 0) is 15.1 Å². The second-order valence-corrected chi connectivity index (χ2v) is 4.52. The van der Waals surface area contributed by atoms with E-state index in [4.69, 9.17) is 4.74 Å². The van der Waals surface area contributed by atoms with Crippen molar-refractivity contribution in [1.29, 1.82) is 0 Å². The summed E-state index contributed by atoms with van der Waals surface area (Å²) in [7, 11) is 0. The number of nitrogens with one attached hydrogen (secondary N) is 1. The quantitative estimate of drug-likeness (QED) is 0.813. The van der Waals surface area contributed by atoms with Crippen LogP contribution >= 0.6 is 0 Å². The standard InChI is InChI=1S/C14H19NO2/c1-3-17-13(16)14(9-4-10-15-14)12-7-5-11(2)6-8-12/h5-8,15H,3-4,9-10H2,1-2H3. The Morgan fingerprint density at radius 2 is 2.12 bits per heavy atom. The Balaban J connectivity index is 2.34. The summed E-state index contributed by atoms with van der Waals surface area (Å²) in [5, 5.41) is 3.32. The molecule has 92 valence electrons. The van der Waals surface area contributed by atoms with Gasteiger partial charge >= 0.3 is 5.97 Å². The van der Waals surface area contributed by atoms with Crippen LogP contribution in [0.15, 0.2) is 24.3 Å². The summed E-state index contributed by atoms with van der Waals surface area (Å²) in [5.41, 5.74) is 1.59. The SMILES string of the molecule is CCOC(=O)C1(c2ccc(C)cc2)CCCN1. The van der Waals surface area contributed by atoms with Gasteiger partial charge in [0.1, 0.15) is 5.54 Å². The third-order valence-electron chi connectivity index (χ3n) is 3.32. The molecule has 1 heterocycles. The van der Waals surface area contributed by atoms with E-state index >= 15 is 0 Å². The van der Waals surface area contributed by atoms with Crippen LogP contribution in [0, 0.1) is 6.92 Å². The molecular formula is C14H19NO2. The molecule has 0 bridgehead atoms. The highest BCUT2D eigenvalue weighted by molar-refractivity contribution is 5.83. The summed E-state index contributed by atoms with van der Waals surface area (Å²) in [4.78, 5) is 12.2. The molecule has 0 radical (unpaired) electrons. The van der Waals surface area contributed by atoms with E-state index in [-0.39, 0.29) is 5.97 Å². The molecule has 1 aliphatic heterocycles. The Kier molecular flexibility index (Phi) is 3.48. The molecular weight excluding hydrogens is 214 g/mol. The number of carbonyl (C=O) groups is 1. The zero-order valence-electron chi connectivity index (χ0n) is 10.5. The second-order valence-electron chi connectivity index (χ2n) is 4.52. The molecule has 0 spiro atoms. The molecule has 1 aromatic rings. The van der Waals surface area contributed by atoms with Crippen LogP contribution in [0.25, 0.3) is 0 Å². The minimum Gasteiger partial charge on any atom is -0.464 e. The lowest BCUT2D eigenvalue weighted by molar-refractivity contribution is -0.151. The van der Waals surface area contributed by atoms with Crippen molar-refractivity contribution in [1.82, 2.24) is 5.32 Å². The Hall–Kier alpha value is -1.35. The van der Waals surface area contributed by atoms with Crippen molar-refractivity contribution in [2.45, 2.75) is 32.2 Å². The highest BCUT2D eigenvalue weighted by atomic mass is 16.5. The minimum absolute atomic E-state index is 0.152. The molecule has 1 atom stereocenters. The first-order valence-corrected chi connectivity index (χ1v) is 6.18. The molecule has 0 amide bonds. The molecule has 1 fully saturated rings. The molecule has 1 unspecified atom stereocenters. The fourth-order valence-electron chi connectivity index (χ4n) is 2.37. The van der Waals surface area contributed by atoms with Gasteiger partial charge in [0.05, 0.1) is 6.61 Å². The van der Waals surface area contributed by atoms with Gasteiger partial charge in [0.2, 0.25) is 0 Å². The lowest BCUT2D eigenvalue weighted by Gasteiger charge is -2.27. The highest BCUT2D eigenvalue weighted by Crippen LogP contribution is 2.32. The third kappa shape index (κ3) is 2.20. The van der Waals surface area contributed by atoms with E-state index in [1.54, 1.807) is 0 Å². The first-order valence-electron chi connectivity index (χ1n) is 6.18. The van der Waals surface area contributed by atoms with Gasteiger partial charge in [-0.15, -0.1) is 0 Å². The predicted octanol–water partition coefficient (Wildman–Crippen LogP) is 2.14.